The maximum atomic E-state index is 10.8. The van der Waals surface area contributed by atoms with Crippen LogP contribution < -0.4 is 5.01 Å². The Labute approximate surface area is 115 Å². The summed E-state index contributed by atoms with van der Waals surface area (Å²) in [5.74, 6) is 0.166. The highest BCUT2D eigenvalue weighted by atomic mass is 32.1. The minimum absolute atomic E-state index is 0.166. The molecule has 2 heterocycles. The fourth-order valence-electron chi connectivity index (χ4n) is 3.10. The van der Waals surface area contributed by atoms with Gasteiger partial charge >= 0.3 is 0 Å². The average molecular weight is 273 g/mol. The van der Waals surface area contributed by atoms with Gasteiger partial charge in [0.25, 0.3) is 0 Å². The molecule has 1 aliphatic carbocycles. The van der Waals surface area contributed by atoms with Crippen LogP contribution in [0, 0.1) is 5.92 Å². The fraction of sp³-hybridized carbons (Fsp3) is 0.429. The molecule has 5 heteroatoms. The van der Waals surface area contributed by atoms with Gasteiger partial charge in [0.2, 0.25) is 5.13 Å². The summed E-state index contributed by atoms with van der Waals surface area (Å²) >= 11 is 1.58. The third-order valence-corrected chi connectivity index (χ3v) is 5.12. The van der Waals surface area contributed by atoms with Crippen molar-refractivity contribution in [2.75, 3.05) is 5.01 Å². The van der Waals surface area contributed by atoms with Gasteiger partial charge in [0.15, 0.2) is 5.72 Å². The van der Waals surface area contributed by atoms with Crippen molar-refractivity contribution in [3.63, 3.8) is 0 Å². The Morgan fingerprint density at radius 2 is 2.26 bits per heavy atom. The molecule has 0 bridgehead atoms. The van der Waals surface area contributed by atoms with Crippen LogP contribution >= 0.6 is 11.3 Å². The number of hydrogen-bond acceptors (Lipinski definition) is 5. The van der Waals surface area contributed by atoms with Crippen molar-refractivity contribution in [3.8, 4) is 0 Å². The lowest BCUT2D eigenvalue weighted by Crippen LogP contribution is -2.45. The second kappa shape index (κ2) is 3.77. The molecule has 19 heavy (non-hydrogen) atoms. The number of nitrogens with zero attached hydrogens (tertiary/aromatic N) is 3. The number of anilines is 1. The minimum Gasteiger partial charge on any atom is -0.369 e. The van der Waals surface area contributed by atoms with Gasteiger partial charge in [0.05, 0.1) is 10.2 Å². The molecule has 4 rings (SSSR count). The zero-order valence-electron chi connectivity index (χ0n) is 10.7. The van der Waals surface area contributed by atoms with E-state index in [1.165, 1.54) is 0 Å². The van der Waals surface area contributed by atoms with Crippen LogP contribution in [0.3, 0.4) is 0 Å². The first kappa shape index (κ1) is 11.4. The highest BCUT2D eigenvalue weighted by molar-refractivity contribution is 7.22. The summed E-state index contributed by atoms with van der Waals surface area (Å²) < 4.78 is 1.13. The summed E-state index contributed by atoms with van der Waals surface area (Å²) in [6.45, 7) is 1.85. The Bertz CT molecular complexity index is 643. The molecule has 0 saturated heterocycles. The summed E-state index contributed by atoms with van der Waals surface area (Å²) in [6, 6.07) is 8.03. The standard InChI is InChI=1S/C14H15N3OS/c1-14(18)9-5-4-7-10(9)16-17(14)13-15-11-6-2-3-8-12(11)19-13/h2-3,6,8-9,18H,4-5,7H2,1H3/t9-,14-/m1/s1. The lowest BCUT2D eigenvalue weighted by molar-refractivity contribution is 0.0323. The van der Waals surface area contributed by atoms with E-state index in [4.69, 9.17) is 0 Å². The van der Waals surface area contributed by atoms with Crippen LogP contribution in [0.5, 0.6) is 0 Å². The van der Waals surface area contributed by atoms with E-state index in [0.29, 0.717) is 0 Å². The first-order valence-electron chi connectivity index (χ1n) is 6.62. The van der Waals surface area contributed by atoms with E-state index < -0.39 is 5.72 Å². The van der Waals surface area contributed by atoms with E-state index in [2.05, 4.69) is 16.2 Å². The Balaban J connectivity index is 1.81. The van der Waals surface area contributed by atoms with Gasteiger partial charge in [-0.2, -0.15) is 5.10 Å². The number of aliphatic hydroxyl groups is 1. The topological polar surface area (TPSA) is 48.7 Å². The monoisotopic (exact) mass is 273 g/mol. The number of aromatic nitrogens is 1. The molecule has 1 aliphatic heterocycles. The summed E-state index contributed by atoms with van der Waals surface area (Å²) in [6.07, 6.45) is 3.16. The second-order valence-electron chi connectivity index (χ2n) is 5.41. The molecule has 2 aromatic rings. The van der Waals surface area contributed by atoms with E-state index in [9.17, 15) is 5.11 Å². The first-order valence-corrected chi connectivity index (χ1v) is 7.43. The van der Waals surface area contributed by atoms with Crippen LogP contribution in [-0.2, 0) is 0 Å². The van der Waals surface area contributed by atoms with E-state index in [0.717, 1.165) is 40.3 Å². The smallest absolute Gasteiger partial charge is 0.209 e. The van der Waals surface area contributed by atoms with Crippen molar-refractivity contribution in [3.05, 3.63) is 24.3 Å². The molecule has 2 aliphatic rings. The molecular weight excluding hydrogens is 258 g/mol. The molecule has 1 N–H and O–H groups in total. The molecule has 1 saturated carbocycles. The first-order chi connectivity index (χ1) is 9.16. The number of thiazole rings is 1. The maximum Gasteiger partial charge on any atom is 0.209 e. The van der Waals surface area contributed by atoms with Gasteiger partial charge in [0, 0.05) is 11.6 Å². The zero-order chi connectivity index (χ0) is 13.0. The summed E-state index contributed by atoms with van der Waals surface area (Å²) in [5, 5.41) is 17.9. The lowest BCUT2D eigenvalue weighted by Gasteiger charge is -2.31. The van der Waals surface area contributed by atoms with Crippen molar-refractivity contribution in [2.45, 2.75) is 31.9 Å². The third-order valence-electron chi connectivity index (χ3n) is 4.11. The van der Waals surface area contributed by atoms with Gasteiger partial charge in [-0.15, -0.1) is 0 Å². The van der Waals surface area contributed by atoms with Gasteiger partial charge in [-0.25, -0.2) is 9.99 Å². The number of benzene rings is 1. The second-order valence-corrected chi connectivity index (χ2v) is 6.42. The quantitative estimate of drug-likeness (QED) is 0.869. The summed E-state index contributed by atoms with van der Waals surface area (Å²) in [4.78, 5) is 4.59. The maximum absolute atomic E-state index is 10.8. The van der Waals surface area contributed by atoms with Crippen LogP contribution in [0.4, 0.5) is 5.13 Å². The molecule has 4 nitrogen and oxygen atoms in total. The van der Waals surface area contributed by atoms with Crippen LogP contribution in [0.2, 0.25) is 0 Å². The van der Waals surface area contributed by atoms with E-state index in [1.807, 2.05) is 25.1 Å². The highest BCUT2D eigenvalue weighted by Gasteiger charge is 2.49. The summed E-state index contributed by atoms with van der Waals surface area (Å²) in [5.41, 5.74) is 1.17. The van der Waals surface area contributed by atoms with Crippen LogP contribution in [0.1, 0.15) is 26.2 Å². The van der Waals surface area contributed by atoms with Gasteiger partial charge in [0.1, 0.15) is 0 Å². The van der Waals surface area contributed by atoms with Gasteiger partial charge in [-0.3, -0.25) is 0 Å². The van der Waals surface area contributed by atoms with Crippen LogP contribution in [0.25, 0.3) is 10.2 Å². The molecule has 1 aromatic heterocycles. The molecule has 0 amide bonds. The predicted octanol–water partition coefficient (Wildman–Crippen LogP) is 2.98. The van der Waals surface area contributed by atoms with E-state index in [1.54, 1.807) is 16.3 Å². The minimum atomic E-state index is -0.931. The molecule has 98 valence electrons. The number of fused-ring (bicyclic) bond motifs is 2. The van der Waals surface area contributed by atoms with Crippen LogP contribution in [-0.4, -0.2) is 21.5 Å². The Morgan fingerprint density at radius 3 is 3.05 bits per heavy atom. The number of rotatable bonds is 1. The van der Waals surface area contributed by atoms with E-state index in [-0.39, 0.29) is 5.92 Å². The molecule has 1 fully saturated rings. The Kier molecular flexibility index (Phi) is 2.26. The van der Waals surface area contributed by atoms with Crippen molar-refractivity contribution in [1.82, 2.24) is 4.98 Å². The third kappa shape index (κ3) is 1.55. The van der Waals surface area contributed by atoms with Crippen molar-refractivity contribution in [1.29, 1.82) is 0 Å². The van der Waals surface area contributed by atoms with Crippen LogP contribution in [0.15, 0.2) is 29.4 Å². The molecule has 1 aromatic carbocycles. The average Bonchev–Trinajstić information content (AvgIpc) is 3.05. The molecular formula is C14H15N3OS. The number of hydrazone groups is 1. The fourth-order valence-corrected chi connectivity index (χ4v) is 4.12. The Morgan fingerprint density at radius 1 is 1.42 bits per heavy atom. The van der Waals surface area contributed by atoms with Gasteiger partial charge < -0.3 is 5.11 Å². The molecule has 0 radical (unpaired) electrons. The van der Waals surface area contributed by atoms with Gasteiger partial charge in [-0.05, 0) is 38.3 Å². The SMILES string of the molecule is C[C@@]1(O)[C@@H]2CCCC2=NN1c1nc2ccccc2s1. The summed E-state index contributed by atoms with van der Waals surface area (Å²) in [7, 11) is 0. The largest absolute Gasteiger partial charge is 0.369 e. The lowest BCUT2D eigenvalue weighted by atomic mass is 9.96. The molecule has 0 unspecified atom stereocenters. The van der Waals surface area contributed by atoms with Crippen molar-refractivity contribution < 1.29 is 5.11 Å². The Hall–Kier alpha value is -1.46. The van der Waals surface area contributed by atoms with Crippen molar-refractivity contribution in [2.24, 2.45) is 11.0 Å². The highest BCUT2D eigenvalue weighted by Crippen LogP contribution is 2.44. The molecule has 0 spiro atoms. The predicted molar refractivity (Wildman–Crippen MR) is 77.5 cm³/mol. The molecule has 2 atom stereocenters. The van der Waals surface area contributed by atoms with E-state index >= 15 is 0 Å². The van der Waals surface area contributed by atoms with Crippen molar-refractivity contribution >= 4 is 32.4 Å². The van der Waals surface area contributed by atoms with Gasteiger partial charge in [-0.1, -0.05) is 23.5 Å². The number of para-hydroxylation sites is 1. The zero-order valence-corrected chi connectivity index (χ0v) is 11.5. The number of hydrogen-bond donors (Lipinski definition) is 1. The normalized spacial score (nSPS) is 29.9.